The SMILES string of the molecule is CCOC(=O)[C@@H]1CC[C@@H](c2ccc(Cl)cc2)N1. The number of esters is 1. The van der Waals surface area contributed by atoms with Crippen molar-refractivity contribution in [2.24, 2.45) is 0 Å². The number of hydrogen-bond acceptors (Lipinski definition) is 3. The molecule has 3 nitrogen and oxygen atoms in total. The lowest BCUT2D eigenvalue weighted by molar-refractivity contribution is -0.145. The average molecular weight is 254 g/mol. The maximum Gasteiger partial charge on any atom is 0.323 e. The molecule has 1 heterocycles. The van der Waals surface area contributed by atoms with Crippen LogP contribution in [0.5, 0.6) is 0 Å². The van der Waals surface area contributed by atoms with Gasteiger partial charge in [-0.15, -0.1) is 0 Å². The summed E-state index contributed by atoms with van der Waals surface area (Å²) in [5.74, 6) is -0.149. The molecule has 2 atom stereocenters. The van der Waals surface area contributed by atoms with E-state index in [1.807, 2.05) is 31.2 Å². The number of halogens is 1. The zero-order valence-electron chi connectivity index (χ0n) is 9.78. The molecule has 0 radical (unpaired) electrons. The third-order valence-electron chi connectivity index (χ3n) is 2.99. The van der Waals surface area contributed by atoms with Gasteiger partial charge >= 0.3 is 5.97 Å². The molecule has 0 saturated carbocycles. The van der Waals surface area contributed by atoms with E-state index < -0.39 is 0 Å². The number of benzene rings is 1. The van der Waals surface area contributed by atoms with Gasteiger partial charge in [0.25, 0.3) is 0 Å². The third kappa shape index (κ3) is 2.99. The van der Waals surface area contributed by atoms with Crippen molar-refractivity contribution < 1.29 is 9.53 Å². The Hall–Kier alpha value is -1.06. The van der Waals surface area contributed by atoms with E-state index in [1.165, 1.54) is 5.56 Å². The van der Waals surface area contributed by atoms with Gasteiger partial charge in [-0.2, -0.15) is 0 Å². The Balaban J connectivity index is 1.98. The number of rotatable bonds is 3. The number of nitrogens with one attached hydrogen (secondary N) is 1. The molecule has 0 amide bonds. The van der Waals surface area contributed by atoms with Crippen LogP contribution < -0.4 is 5.32 Å². The highest BCUT2D eigenvalue weighted by Crippen LogP contribution is 2.27. The first-order valence-corrected chi connectivity index (χ1v) is 6.26. The highest BCUT2D eigenvalue weighted by Gasteiger charge is 2.30. The lowest BCUT2D eigenvalue weighted by atomic mass is 10.1. The van der Waals surface area contributed by atoms with Gasteiger partial charge in [-0.25, -0.2) is 0 Å². The Morgan fingerprint density at radius 2 is 2.12 bits per heavy atom. The largest absolute Gasteiger partial charge is 0.465 e. The van der Waals surface area contributed by atoms with Gasteiger partial charge in [0.15, 0.2) is 0 Å². The summed E-state index contributed by atoms with van der Waals surface area (Å²) in [4.78, 5) is 11.6. The summed E-state index contributed by atoms with van der Waals surface area (Å²) in [5.41, 5.74) is 1.17. The van der Waals surface area contributed by atoms with E-state index in [4.69, 9.17) is 16.3 Å². The number of carbonyl (C=O) groups excluding carboxylic acids is 1. The molecule has 1 aliphatic rings. The number of ether oxygens (including phenoxy) is 1. The maximum absolute atomic E-state index is 11.6. The molecule has 17 heavy (non-hydrogen) atoms. The fourth-order valence-corrected chi connectivity index (χ4v) is 2.26. The summed E-state index contributed by atoms with van der Waals surface area (Å²) in [6.45, 7) is 2.26. The van der Waals surface area contributed by atoms with Gasteiger partial charge in [-0.1, -0.05) is 23.7 Å². The Morgan fingerprint density at radius 3 is 2.76 bits per heavy atom. The molecule has 1 aliphatic heterocycles. The van der Waals surface area contributed by atoms with Crippen LogP contribution in [0.1, 0.15) is 31.4 Å². The van der Waals surface area contributed by atoms with Crippen LogP contribution in [0.15, 0.2) is 24.3 Å². The summed E-state index contributed by atoms with van der Waals surface area (Å²) in [7, 11) is 0. The zero-order valence-corrected chi connectivity index (χ0v) is 10.5. The van der Waals surface area contributed by atoms with Crippen LogP contribution in [0.2, 0.25) is 5.02 Å². The zero-order chi connectivity index (χ0) is 12.3. The van der Waals surface area contributed by atoms with Crippen molar-refractivity contribution in [2.75, 3.05) is 6.61 Å². The number of carbonyl (C=O) groups is 1. The molecular formula is C13H16ClNO2. The van der Waals surface area contributed by atoms with E-state index in [2.05, 4.69) is 5.32 Å². The van der Waals surface area contributed by atoms with Crippen LogP contribution in [0.3, 0.4) is 0 Å². The van der Waals surface area contributed by atoms with Crippen molar-refractivity contribution in [3.05, 3.63) is 34.9 Å². The average Bonchev–Trinajstić information content (AvgIpc) is 2.80. The van der Waals surface area contributed by atoms with Crippen LogP contribution in [-0.2, 0) is 9.53 Å². The first-order valence-electron chi connectivity index (χ1n) is 5.89. The van der Waals surface area contributed by atoms with E-state index in [0.29, 0.717) is 6.61 Å². The molecule has 1 N–H and O–H groups in total. The molecule has 0 spiro atoms. The fourth-order valence-electron chi connectivity index (χ4n) is 2.13. The summed E-state index contributed by atoms with van der Waals surface area (Å²) in [6.07, 6.45) is 1.78. The summed E-state index contributed by atoms with van der Waals surface area (Å²) in [6, 6.07) is 7.78. The van der Waals surface area contributed by atoms with Gasteiger partial charge in [-0.3, -0.25) is 10.1 Å². The van der Waals surface area contributed by atoms with E-state index >= 15 is 0 Å². The molecule has 1 saturated heterocycles. The Morgan fingerprint density at radius 1 is 1.41 bits per heavy atom. The highest BCUT2D eigenvalue weighted by molar-refractivity contribution is 6.30. The molecule has 0 aromatic heterocycles. The van der Waals surface area contributed by atoms with Crippen LogP contribution in [-0.4, -0.2) is 18.6 Å². The lowest BCUT2D eigenvalue weighted by Gasteiger charge is -2.13. The molecular weight excluding hydrogens is 238 g/mol. The first kappa shape index (κ1) is 12.4. The van der Waals surface area contributed by atoms with Gasteiger partial charge in [0, 0.05) is 11.1 Å². The second-order valence-corrected chi connectivity index (χ2v) is 4.59. The fraction of sp³-hybridized carbons (Fsp3) is 0.462. The minimum atomic E-state index is -0.171. The minimum absolute atomic E-state index is 0.149. The molecule has 92 valence electrons. The second-order valence-electron chi connectivity index (χ2n) is 4.15. The molecule has 0 bridgehead atoms. The van der Waals surface area contributed by atoms with Crippen LogP contribution in [0, 0.1) is 0 Å². The number of hydrogen-bond donors (Lipinski definition) is 1. The van der Waals surface area contributed by atoms with Gasteiger partial charge in [-0.05, 0) is 37.5 Å². The molecule has 4 heteroatoms. The molecule has 0 aliphatic carbocycles. The van der Waals surface area contributed by atoms with Crippen molar-refractivity contribution in [3.8, 4) is 0 Å². The standard InChI is InChI=1S/C13H16ClNO2/c1-2-17-13(16)12-8-7-11(15-12)9-3-5-10(14)6-4-9/h3-6,11-12,15H,2,7-8H2,1H3/t11-,12-/m0/s1. The van der Waals surface area contributed by atoms with Crippen LogP contribution >= 0.6 is 11.6 Å². The van der Waals surface area contributed by atoms with E-state index in [1.54, 1.807) is 0 Å². The minimum Gasteiger partial charge on any atom is -0.465 e. The third-order valence-corrected chi connectivity index (χ3v) is 3.24. The smallest absolute Gasteiger partial charge is 0.323 e. The van der Waals surface area contributed by atoms with Crippen LogP contribution in [0.4, 0.5) is 0 Å². The van der Waals surface area contributed by atoms with Crippen molar-refractivity contribution >= 4 is 17.6 Å². The van der Waals surface area contributed by atoms with Crippen molar-refractivity contribution in [1.29, 1.82) is 0 Å². The molecule has 1 fully saturated rings. The van der Waals surface area contributed by atoms with Crippen molar-refractivity contribution in [1.82, 2.24) is 5.32 Å². The van der Waals surface area contributed by atoms with Gasteiger partial charge in [0.2, 0.25) is 0 Å². The summed E-state index contributed by atoms with van der Waals surface area (Å²) < 4.78 is 5.01. The van der Waals surface area contributed by atoms with Crippen LogP contribution in [0.25, 0.3) is 0 Å². The topological polar surface area (TPSA) is 38.3 Å². The van der Waals surface area contributed by atoms with Gasteiger partial charge in [0.05, 0.1) is 6.61 Å². The highest BCUT2D eigenvalue weighted by atomic mass is 35.5. The normalized spacial score (nSPS) is 23.6. The second kappa shape index (κ2) is 5.52. The summed E-state index contributed by atoms with van der Waals surface area (Å²) >= 11 is 5.84. The van der Waals surface area contributed by atoms with Gasteiger partial charge < -0.3 is 4.74 Å². The van der Waals surface area contributed by atoms with E-state index in [0.717, 1.165) is 17.9 Å². The molecule has 1 aromatic carbocycles. The Bertz CT molecular complexity index is 391. The van der Waals surface area contributed by atoms with E-state index in [9.17, 15) is 4.79 Å². The Kier molecular flexibility index (Phi) is 4.02. The Labute approximate surface area is 106 Å². The molecule has 1 aromatic rings. The quantitative estimate of drug-likeness (QED) is 0.842. The van der Waals surface area contributed by atoms with Gasteiger partial charge in [0.1, 0.15) is 6.04 Å². The molecule has 0 unspecified atom stereocenters. The lowest BCUT2D eigenvalue weighted by Crippen LogP contribution is -2.33. The van der Waals surface area contributed by atoms with Crippen molar-refractivity contribution in [3.63, 3.8) is 0 Å². The summed E-state index contributed by atoms with van der Waals surface area (Å²) in [5, 5.41) is 4.02. The first-order chi connectivity index (χ1) is 8.20. The predicted molar refractivity (Wildman–Crippen MR) is 67.0 cm³/mol. The monoisotopic (exact) mass is 253 g/mol. The molecule has 2 rings (SSSR count). The van der Waals surface area contributed by atoms with E-state index in [-0.39, 0.29) is 18.1 Å². The maximum atomic E-state index is 11.6. The van der Waals surface area contributed by atoms with Crippen molar-refractivity contribution in [2.45, 2.75) is 31.8 Å². The predicted octanol–water partition coefficient (Wildman–Crippen LogP) is 2.70.